The Bertz CT molecular complexity index is 66.6. The van der Waals surface area contributed by atoms with Crippen LogP contribution >= 0.6 is 0 Å². The second kappa shape index (κ2) is 4.07. The third-order valence-electron chi connectivity index (χ3n) is 1.88. The van der Waals surface area contributed by atoms with Gasteiger partial charge < -0.3 is 4.43 Å². The maximum atomic E-state index is 5.66. The zero-order chi connectivity index (χ0) is 6.53. The van der Waals surface area contributed by atoms with Gasteiger partial charge in [0.2, 0.25) is 0 Å². The van der Waals surface area contributed by atoms with E-state index in [0.717, 1.165) is 6.61 Å². The Morgan fingerprint density at radius 2 is 2.33 bits per heavy atom. The highest BCUT2D eigenvalue weighted by Crippen LogP contribution is 2.14. The van der Waals surface area contributed by atoms with Crippen molar-refractivity contribution in [2.24, 2.45) is 0 Å². The summed E-state index contributed by atoms with van der Waals surface area (Å²) in [6.45, 7) is 3.32. The molecule has 0 saturated carbocycles. The summed E-state index contributed by atoms with van der Waals surface area (Å²) in [5, 5.41) is 0. The second-order valence-electron chi connectivity index (χ2n) is 2.78. The number of hydrogen-bond acceptors (Lipinski definition) is 1. The zero-order valence-corrected chi connectivity index (χ0v) is 7.38. The molecule has 0 aliphatic carbocycles. The molecule has 1 atom stereocenters. The standard InChI is InChI=1S/C7H16OSi/c1-2-6-9-7-4-3-5-8-9/h9H,2-7H2,1H3. The van der Waals surface area contributed by atoms with Crippen molar-refractivity contribution >= 4 is 9.04 Å². The summed E-state index contributed by atoms with van der Waals surface area (Å²) in [6, 6.07) is 2.84. The summed E-state index contributed by atoms with van der Waals surface area (Å²) in [7, 11) is -0.626. The van der Waals surface area contributed by atoms with Gasteiger partial charge in [-0.1, -0.05) is 19.8 Å². The van der Waals surface area contributed by atoms with Gasteiger partial charge in [0.05, 0.1) is 0 Å². The van der Waals surface area contributed by atoms with Gasteiger partial charge in [0.15, 0.2) is 9.04 Å². The highest BCUT2D eigenvalue weighted by molar-refractivity contribution is 6.51. The molecule has 1 fully saturated rings. The van der Waals surface area contributed by atoms with Gasteiger partial charge in [-0.3, -0.25) is 0 Å². The fourth-order valence-electron chi connectivity index (χ4n) is 1.36. The summed E-state index contributed by atoms with van der Waals surface area (Å²) < 4.78 is 5.66. The third-order valence-corrected chi connectivity index (χ3v) is 4.87. The van der Waals surface area contributed by atoms with Crippen LogP contribution in [0.5, 0.6) is 0 Å². The molecule has 9 heavy (non-hydrogen) atoms. The van der Waals surface area contributed by atoms with E-state index in [0.29, 0.717) is 0 Å². The summed E-state index contributed by atoms with van der Waals surface area (Å²) in [5.41, 5.74) is 0. The molecule has 0 bridgehead atoms. The normalized spacial score (nSPS) is 28.3. The van der Waals surface area contributed by atoms with Crippen LogP contribution in [0, 0.1) is 0 Å². The highest BCUT2D eigenvalue weighted by atomic mass is 28.3. The molecule has 0 radical (unpaired) electrons. The van der Waals surface area contributed by atoms with E-state index in [1.807, 2.05) is 0 Å². The van der Waals surface area contributed by atoms with Crippen molar-refractivity contribution in [1.29, 1.82) is 0 Å². The van der Waals surface area contributed by atoms with Crippen LogP contribution in [-0.4, -0.2) is 15.6 Å². The van der Waals surface area contributed by atoms with E-state index in [1.54, 1.807) is 0 Å². The summed E-state index contributed by atoms with van der Waals surface area (Å²) in [6.07, 6.45) is 4.08. The molecule has 0 aromatic rings. The Hall–Kier alpha value is 0.177. The van der Waals surface area contributed by atoms with Gasteiger partial charge in [0, 0.05) is 6.61 Å². The van der Waals surface area contributed by atoms with Crippen molar-refractivity contribution in [2.45, 2.75) is 38.3 Å². The molecule has 1 rings (SSSR count). The minimum absolute atomic E-state index is 0.626. The van der Waals surface area contributed by atoms with Crippen LogP contribution in [0.25, 0.3) is 0 Å². The first-order valence-corrected chi connectivity index (χ1v) is 6.15. The molecule has 1 unspecified atom stereocenters. The minimum atomic E-state index is -0.626. The van der Waals surface area contributed by atoms with E-state index in [9.17, 15) is 0 Å². The third kappa shape index (κ3) is 2.50. The van der Waals surface area contributed by atoms with E-state index in [-0.39, 0.29) is 0 Å². The predicted molar refractivity (Wildman–Crippen MR) is 42.2 cm³/mol. The SMILES string of the molecule is CCC[SiH]1CCCCO1. The Morgan fingerprint density at radius 3 is 2.89 bits per heavy atom. The van der Waals surface area contributed by atoms with Crippen molar-refractivity contribution < 1.29 is 4.43 Å². The molecular weight excluding hydrogens is 128 g/mol. The second-order valence-corrected chi connectivity index (χ2v) is 5.51. The predicted octanol–water partition coefficient (Wildman–Crippen LogP) is 1.93. The molecule has 1 saturated heterocycles. The number of rotatable bonds is 2. The van der Waals surface area contributed by atoms with Gasteiger partial charge in [-0.25, -0.2) is 0 Å². The molecule has 0 aromatic carbocycles. The van der Waals surface area contributed by atoms with Crippen LogP contribution < -0.4 is 0 Å². The Kier molecular flexibility index (Phi) is 3.29. The molecule has 0 amide bonds. The summed E-state index contributed by atoms with van der Waals surface area (Å²) in [5.74, 6) is 0. The van der Waals surface area contributed by atoms with Crippen LogP contribution in [-0.2, 0) is 4.43 Å². The molecule has 1 heterocycles. The molecule has 0 N–H and O–H groups in total. The first-order valence-electron chi connectivity index (χ1n) is 4.05. The van der Waals surface area contributed by atoms with Crippen molar-refractivity contribution in [3.8, 4) is 0 Å². The first kappa shape index (κ1) is 7.29. The highest BCUT2D eigenvalue weighted by Gasteiger charge is 2.13. The van der Waals surface area contributed by atoms with Gasteiger partial charge in [0.25, 0.3) is 0 Å². The molecule has 0 spiro atoms. The van der Waals surface area contributed by atoms with Crippen molar-refractivity contribution in [2.75, 3.05) is 6.61 Å². The van der Waals surface area contributed by atoms with E-state index in [4.69, 9.17) is 4.43 Å². The monoisotopic (exact) mass is 144 g/mol. The van der Waals surface area contributed by atoms with E-state index < -0.39 is 9.04 Å². The fraction of sp³-hybridized carbons (Fsp3) is 1.00. The van der Waals surface area contributed by atoms with E-state index in [2.05, 4.69) is 6.92 Å². The summed E-state index contributed by atoms with van der Waals surface area (Å²) >= 11 is 0. The van der Waals surface area contributed by atoms with Crippen LogP contribution in [0.4, 0.5) is 0 Å². The van der Waals surface area contributed by atoms with Crippen LogP contribution in [0.3, 0.4) is 0 Å². The molecule has 1 nitrogen and oxygen atoms in total. The quantitative estimate of drug-likeness (QED) is 0.538. The molecule has 2 heteroatoms. The van der Waals surface area contributed by atoms with E-state index >= 15 is 0 Å². The lowest BCUT2D eigenvalue weighted by molar-refractivity contribution is 0.286. The van der Waals surface area contributed by atoms with Crippen molar-refractivity contribution in [3.63, 3.8) is 0 Å². The zero-order valence-electron chi connectivity index (χ0n) is 6.23. The van der Waals surface area contributed by atoms with Crippen molar-refractivity contribution in [1.82, 2.24) is 0 Å². The Balaban J connectivity index is 2.08. The number of hydrogen-bond donors (Lipinski definition) is 0. The molecule has 0 aromatic heterocycles. The molecular formula is C7H16OSi. The van der Waals surface area contributed by atoms with E-state index in [1.165, 1.54) is 31.4 Å². The lowest BCUT2D eigenvalue weighted by Crippen LogP contribution is -2.22. The molecule has 1 aliphatic rings. The first-order chi connectivity index (χ1) is 4.43. The minimum Gasteiger partial charge on any atom is -0.420 e. The van der Waals surface area contributed by atoms with Gasteiger partial charge >= 0.3 is 0 Å². The van der Waals surface area contributed by atoms with Crippen molar-refractivity contribution in [3.05, 3.63) is 0 Å². The Morgan fingerprint density at radius 1 is 1.44 bits per heavy atom. The lowest BCUT2D eigenvalue weighted by atomic mass is 10.4. The fourth-order valence-corrected chi connectivity index (χ4v) is 3.87. The smallest absolute Gasteiger partial charge is 0.176 e. The van der Waals surface area contributed by atoms with Gasteiger partial charge in [-0.15, -0.1) is 0 Å². The lowest BCUT2D eigenvalue weighted by Gasteiger charge is -2.19. The van der Waals surface area contributed by atoms with Crippen LogP contribution in [0.15, 0.2) is 0 Å². The van der Waals surface area contributed by atoms with Gasteiger partial charge in [0.1, 0.15) is 0 Å². The molecule has 1 aliphatic heterocycles. The van der Waals surface area contributed by atoms with Crippen LogP contribution in [0.1, 0.15) is 26.2 Å². The largest absolute Gasteiger partial charge is 0.420 e. The van der Waals surface area contributed by atoms with Crippen LogP contribution in [0.2, 0.25) is 12.1 Å². The van der Waals surface area contributed by atoms with Gasteiger partial charge in [-0.05, 0) is 18.5 Å². The topological polar surface area (TPSA) is 9.23 Å². The van der Waals surface area contributed by atoms with Gasteiger partial charge in [-0.2, -0.15) is 0 Å². The summed E-state index contributed by atoms with van der Waals surface area (Å²) in [4.78, 5) is 0. The molecule has 54 valence electrons. The Labute approximate surface area is 59.1 Å². The maximum absolute atomic E-state index is 5.66. The average molecular weight is 144 g/mol. The maximum Gasteiger partial charge on any atom is 0.176 e. The average Bonchev–Trinajstić information content (AvgIpc) is 1.91.